The number of aromatic hydroxyl groups is 2. The molecule has 73 heavy (non-hydrogen) atoms. The molecule has 0 saturated carbocycles. The van der Waals surface area contributed by atoms with Crippen molar-refractivity contribution in [2.45, 2.75) is 39.2 Å². The van der Waals surface area contributed by atoms with Gasteiger partial charge in [0, 0.05) is 96.2 Å². The van der Waals surface area contributed by atoms with Crippen molar-refractivity contribution in [1.82, 2.24) is 39.4 Å². The summed E-state index contributed by atoms with van der Waals surface area (Å²) in [5, 5.41) is 29.9. The van der Waals surface area contributed by atoms with Gasteiger partial charge < -0.3 is 39.9 Å². The van der Waals surface area contributed by atoms with Gasteiger partial charge in [-0.25, -0.2) is 32.2 Å². The van der Waals surface area contributed by atoms with Crippen molar-refractivity contribution in [3.8, 4) is 34.3 Å². The molecular weight excluding hydrogens is 953 g/mol. The van der Waals surface area contributed by atoms with Crippen LogP contribution in [0.2, 0.25) is 0 Å². The fourth-order valence-electron chi connectivity index (χ4n) is 10.5. The fraction of sp³-hybridized carbons (Fsp3) is 0.385. The topological polar surface area (TPSA) is 226 Å². The number of aromatic nitrogens is 5. The van der Waals surface area contributed by atoms with Crippen molar-refractivity contribution < 1.29 is 33.0 Å². The molecule has 0 bridgehead atoms. The van der Waals surface area contributed by atoms with E-state index in [0.29, 0.717) is 35.2 Å². The number of rotatable bonds is 13. The number of amides is 2. The largest absolute Gasteiger partial charge is 0.508 e. The van der Waals surface area contributed by atoms with E-state index < -0.39 is 15.7 Å². The zero-order valence-electron chi connectivity index (χ0n) is 41.1. The number of sulfonamides is 1. The zero-order valence-corrected chi connectivity index (χ0v) is 42.0. The Kier molecular flexibility index (Phi) is 13.8. The van der Waals surface area contributed by atoms with Crippen LogP contribution >= 0.6 is 0 Å². The number of phenolic OH excluding ortho intramolecular Hbond substituents is 2. The van der Waals surface area contributed by atoms with Crippen LogP contribution in [0.15, 0.2) is 95.9 Å². The number of hydrogen-bond donors (Lipinski definition) is 4. The normalized spacial score (nSPS) is 17.3. The molecule has 0 spiro atoms. The highest BCUT2D eigenvalue weighted by Crippen LogP contribution is 2.42. The van der Waals surface area contributed by atoms with E-state index in [4.69, 9.17) is 4.74 Å². The highest BCUT2D eigenvalue weighted by atomic mass is 32.2. The molecule has 10 rings (SSSR count). The van der Waals surface area contributed by atoms with Crippen LogP contribution in [-0.2, 0) is 21.4 Å². The second-order valence-electron chi connectivity index (χ2n) is 19.2. The molecule has 6 heterocycles. The van der Waals surface area contributed by atoms with Crippen LogP contribution < -0.4 is 29.8 Å². The Morgan fingerprint density at radius 2 is 1.53 bits per heavy atom. The lowest BCUT2D eigenvalue weighted by Gasteiger charge is -2.40. The van der Waals surface area contributed by atoms with Crippen molar-refractivity contribution in [3.05, 3.63) is 113 Å². The highest BCUT2D eigenvalue weighted by molar-refractivity contribution is 7.92. The summed E-state index contributed by atoms with van der Waals surface area (Å²) in [6.45, 7) is 11.0. The number of H-pyrrole nitrogens is 1. The Labute approximate surface area is 423 Å². The number of nitrogens with zero attached hydrogens (tertiary/aromatic N) is 10. The van der Waals surface area contributed by atoms with Gasteiger partial charge in [0.1, 0.15) is 22.9 Å². The molecular formula is C52H60N12O8S. The average Bonchev–Trinajstić information content (AvgIpc) is 3.73. The van der Waals surface area contributed by atoms with Crippen LogP contribution in [0.25, 0.3) is 17.1 Å². The predicted molar refractivity (Wildman–Crippen MR) is 278 cm³/mol. The van der Waals surface area contributed by atoms with Crippen LogP contribution in [0.3, 0.4) is 0 Å². The monoisotopic (exact) mass is 1010 g/mol. The van der Waals surface area contributed by atoms with Crippen molar-refractivity contribution in [3.63, 3.8) is 0 Å². The van der Waals surface area contributed by atoms with E-state index >= 15 is 0 Å². The number of carbonyl (C=O) groups excluding carboxylic acids is 2. The summed E-state index contributed by atoms with van der Waals surface area (Å²) in [5.41, 5.74) is 3.88. The summed E-state index contributed by atoms with van der Waals surface area (Å²) >= 11 is 0. The third kappa shape index (κ3) is 10.3. The minimum absolute atomic E-state index is 0.0199. The van der Waals surface area contributed by atoms with Gasteiger partial charge in [0.25, 0.3) is 5.91 Å². The number of ether oxygens (including phenoxy) is 1. The molecule has 0 atom stereocenters. The number of aromatic amines is 1. The molecule has 3 saturated heterocycles. The molecule has 4 aliphatic heterocycles. The number of nitrogens with one attached hydrogen (secondary N) is 2. The summed E-state index contributed by atoms with van der Waals surface area (Å²) < 4.78 is 35.1. The number of piperazine rings is 1. The van der Waals surface area contributed by atoms with Crippen LogP contribution in [0.1, 0.15) is 48.5 Å². The van der Waals surface area contributed by atoms with E-state index in [1.807, 2.05) is 49.4 Å². The number of likely N-dealkylation sites (tertiary alicyclic amines) is 1. The summed E-state index contributed by atoms with van der Waals surface area (Å²) in [7, 11) is -2.36. The van der Waals surface area contributed by atoms with Gasteiger partial charge in [-0.3, -0.25) is 14.5 Å². The number of anilines is 6. The van der Waals surface area contributed by atoms with Gasteiger partial charge in [0.05, 0.1) is 47.2 Å². The van der Waals surface area contributed by atoms with E-state index in [9.17, 15) is 33.0 Å². The zero-order chi connectivity index (χ0) is 51.0. The summed E-state index contributed by atoms with van der Waals surface area (Å²) in [4.78, 5) is 59.8. The van der Waals surface area contributed by atoms with Crippen LogP contribution in [0.5, 0.6) is 17.2 Å². The van der Waals surface area contributed by atoms with Gasteiger partial charge in [-0.05, 0) is 92.6 Å². The molecule has 3 fully saturated rings. The molecule has 4 aliphatic rings. The van der Waals surface area contributed by atoms with Gasteiger partial charge >= 0.3 is 5.69 Å². The highest BCUT2D eigenvalue weighted by Gasteiger charge is 2.36. The first-order valence-electron chi connectivity index (χ1n) is 24.8. The molecule has 20 nitrogen and oxygen atoms in total. The Hall–Kier alpha value is -7.49. The summed E-state index contributed by atoms with van der Waals surface area (Å²) in [5.74, 6) is 1.15. The van der Waals surface area contributed by atoms with E-state index in [2.05, 4.69) is 45.1 Å². The molecule has 0 radical (unpaired) electrons. The van der Waals surface area contributed by atoms with Crippen molar-refractivity contribution >= 4 is 56.4 Å². The Bertz CT molecular complexity index is 3180. The number of piperidine rings is 2. The maximum atomic E-state index is 13.9. The van der Waals surface area contributed by atoms with E-state index in [1.165, 1.54) is 33.9 Å². The van der Waals surface area contributed by atoms with Crippen LogP contribution in [0, 0.1) is 11.8 Å². The predicted octanol–water partition coefficient (Wildman–Crippen LogP) is 5.53. The molecule has 2 amide bonds. The van der Waals surface area contributed by atoms with E-state index in [-0.39, 0.29) is 63.8 Å². The Morgan fingerprint density at radius 1 is 0.822 bits per heavy atom. The smallest absolute Gasteiger partial charge is 0.348 e. The quantitative estimate of drug-likeness (QED) is 0.112. The number of fused-ring (bicyclic) bond motifs is 2. The third-order valence-corrected chi connectivity index (χ3v) is 15.4. The lowest BCUT2D eigenvalue weighted by Crippen LogP contribution is -2.49. The lowest BCUT2D eigenvalue weighted by atomic mass is 9.91. The molecule has 4 N–H and O–H groups in total. The summed E-state index contributed by atoms with van der Waals surface area (Å²) in [6.07, 6.45) is 6.04. The van der Waals surface area contributed by atoms with Crippen molar-refractivity contribution in [1.29, 1.82) is 0 Å². The second-order valence-corrected chi connectivity index (χ2v) is 21.0. The molecule has 4 aromatic carbocycles. The van der Waals surface area contributed by atoms with Gasteiger partial charge in [-0.15, -0.1) is 0 Å². The van der Waals surface area contributed by atoms with Crippen LogP contribution in [-0.4, -0.2) is 149 Å². The van der Waals surface area contributed by atoms with Crippen LogP contribution in [0.4, 0.5) is 34.5 Å². The minimum atomic E-state index is -3.93. The van der Waals surface area contributed by atoms with Gasteiger partial charge in [0.15, 0.2) is 11.6 Å². The number of benzene rings is 4. The first-order chi connectivity index (χ1) is 35.2. The molecule has 0 unspecified atom stereocenters. The minimum Gasteiger partial charge on any atom is -0.508 e. The first-order valence-corrected chi connectivity index (χ1v) is 26.6. The van der Waals surface area contributed by atoms with Gasteiger partial charge in [-0.2, -0.15) is 10.1 Å². The third-order valence-electron chi connectivity index (χ3n) is 14.4. The number of phenols is 2. The number of hydrogen-bond acceptors (Lipinski definition) is 15. The Balaban J connectivity index is 0.686. The standard InChI is InChI=1S/C52H60N12O8S/c1-4-72-46-29-38(13-16-42(46)54-51-53-31-44-48(55-51)64(73(3,70)71)43-8-6-5-7-40(43)50(68)58(44)2)61-23-19-36(20-24-61)49(67)62-21-17-35(18-22-62)33-60-27-25-59(26-28-60)32-34-9-11-37(12-10-34)63-47(56-57-52(63)69)41-15-14-39(65)30-45(41)66/h5-16,29-31,35-36,65-66H,4,17-28,32-33H2,1-3H3,(H,57,69)(H,53,54,55). The van der Waals surface area contributed by atoms with Crippen molar-refractivity contribution in [2.75, 3.05) is 98.2 Å². The molecule has 2 aromatic heterocycles. The number of para-hydroxylation sites is 1. The van der Waals surface area contributed by atoms with Crippen molar-refractivity contribution in [2.24, 2.45) is 11.8 Å². The van der Waals surface area contributed by atoms with Gasteiger partial charge in [-0.1, -0.05) is 24.3 Å². The molecule has 0 aliphatic carbocycles. The van der Waals surface area contributed by atoms with Gasteiger partial charge in [0.2, 0.25) is 21.9 Å². The summed E-state index contributed by atoms with van der Waals surface area (Å²) in [6, 6.07) is 24.3. The Morgan fingerprint density at radius 3 is 2.25 bits per heavy atom. The SMILES string of the molecule is CCOc1cc(N2CCC(C(=O)N3CCC(CN4CCN(Cc5ccc(-n6c(-c7ccc(O)cc7O)n[nH]c6=O)cc5)CC4)CC3)CC2)ccc1Nc1ncc2c(n1)N(S(C)(=O)=O)c1ccccc1C(=O)N2C. The maximum absolute atomic E-state index is 13.9. The van der Waals surface area contributed by atoms with E-state index in [1.54, 1.807) is 31.3 Å². The maximum Gasteiger partial charge on any atom is 0.348 e. The molecule has 382 valence electrons. The molecule has 21 heteroatoms. The first kappa shape index (κ1) is 49.1. The second kappa shape index (κ2) is 20.6. The number of carbonyl (C=O) groups is 2. The lowest BCUT2D eigenvalue weighted by molar-refractivity contribution is -0.137. The average molecular weight is 1010 g/mol. The fourth-order valence-corrected chi connectivity index (χ4v) is 11.5. The van der Waals surface area contributed by atoms with E-state index in [0.717, 1.165) is 113 Å². The molecule has 6 aromatic rings.